The van der Waals surface area contributed by atoms with E-state index in [1.54, 1.807) is 19.1 Å². The molecule has 0 aromatic heterocycles. The molecule has 2 aliphatic rings. The van der Waals surface area contributed by atoms with E-state index in [0.717, 1.165) is 37.2 Å². The van der Waals surface area contributed by atoms with Crippen molar-refractivity contribution in [1.29, 1.82) is 0 Å². The Bertz CT molecular complexity index is 784. The number of para-hydroxylation sites is 1. The maximum atomic E-state index is 13.3. The third-order valence-corrected chi connectivity index (χ3v) is 6.87. The summed E-state index contributed by atoms with van der Waals surface area (Å²) in [4.78, 5) is 39.5. The van der Waals surface area contributed by atoms with E-state index in [2.05, 4.69) is 10.6 Å². The van der Waals surface area contributed by atoms with Crippen LogP contribution in [0, 0.1) is 5.92 Å². The van der Waals surface area contributed by atoms with Crippen LogP contribution in [-0.4, -0.2) is 67.0 Å². The molecular weight excluding hydrogens is 418 g/mol. The number of fused-ring (bicyclic) bond motifs is 1. The van der Waals surface area contributed by atoms with Gasteiger partial charge in [-0.2, -0.15) is 0 Å². The summed E-state index contributed by atoms with van der Waals surface area (Å²) >= 11 is 1.49. The van der Waals surface area contributed by atoms with E-state index in [0.29, 0.717) is 23.8 Å². The second-order valence-corrected chi connectivity index (χ2v) is 8.95. The number of rotatable bonds is 9. The second-order valence-electron chi connectivity index (χ2n) is 7.89. The molecule has 2 atom stereocenters. The van der Waals surface area contributed by atoms with Crippen LogP contribution in [0.2, 0.25) is 0 Å². The number of aliphatic carboxylic acids is 1. The first-order chi connectivity index (χ1) is 15.0. The van der Waals surface area contributed by atoms with E-state index < -0.39 is 24.6 Å². The van der Waals surface area contributed by atoms with Gasteiger partial charge in [0.15, 0.2) is 0 Å². The third kappa shape index (κ3) is 6.44. The predicted molar refractivity (Wildman–Crippen MR) is 119 cm³/mol. The van der Waals surface area contributed by atoms with Gasteiger partial charge in [0.2, 0.25) is 5.91 Å². The number of carboxylic acid groups (broad SMARTS) is 1. The Morgan fingerprint density at radius 1 is 1.32 bits per heavy atom. The summed E-state index contributed by atoms with van der Waals surface area (Å²) < 4.78 is 5.27. The maximum absolute atomic E-state index is 13.3. The number of hydrogen-bond donors (Lipinski definition) is 3. The number of ether oxygens (including phenoxy) is 1. The highest BCUT2D eigenvalue weighted by Gasteiger charge is 2.35. The topological polar surface area (TPSA) is 108 Å². The Balaban J connectivity index is 1.74. The van der Waals surface area contributed by atoms with Gasteiger partial charge in [0, 0.05) is 10.6 Å². The van der Waals surface area contributed by atoms with E-state index in [1.807, 2.05) is 12.1 Å². The smallest absolute Gasteiger partial charge is 0.323 e. The molecule has 0 radical (unpaired) electrons. The van der Waals surface area contributed by atoms with Gasteiger partial charge in [0.05, 0.1) is 18.3 Å². The molecule has 2 aliphatic heterocycles. The Hall–Kier alpha value is -2.10. The van der Waals surface area contributed by atoms with Crippen LogP contribution in [-0.2, 0) is 19.1 Å². The van der Waals surface area contributed by atoms with Crippen molar-refractivity contribution in [3.05, 3.63) is 24.3 Å². The van der Waals surface area contributed by atoms with Crippen molar-refractivity contribution in [1.82, 2.24) is 10.6 Å². The van der Waals surface area contributed by atoms with Crippen molar-refractivity contribution in [3.63, 3.8) is 0 Å². The van der Waals surface area contributed by atoms with Crippen molar-refractivity contribution >= 4 is 35.3 Å². The van der Waals surface area contributed by atoms with E-state index in [4.69, 9.17) is 4.74 Å². The Morgan fingerprint density at radius 2 is 2.06 bits per heavy atom. The van der Waals surface area contributed by atoms with E-state index in [9.17, 15) is 19.5 Å². The minimum atomic E-state index is -1.08. The lowest BCUT2D eigenvalue weighted by Gasteiger charge is -2.28. The largest absolute Gasteiger partial charge is 0.480 e. The van der Waals surface area contributed by atoms with Gasteiger partial charge in [-0.25, -0.2) is 0 Å². The fourth-order valence-corrected chi connectivity index (χ4v) is 5.18. The van der Waals surface area contributed by atoms with Gasteiger partial charge in [-0.05, 0) is 63.7 Å². The number of carbonyl (C=O) groups excluding carboxylic acids is 2. The Morgan fingerprint density at radius 3 is 2.77 bits per heavy atom. The van der Waals surface area contributed by atoms with Crippen LogP contribution in [0.5, 0.6) is 0 Å². The summed E-state index contributed by atoms with van der Waals surface area (Å²) in [6.45, 7) is 3.59. The van der Waals surface area contributed by atoms with Crippen LogP contribution in [0.1, 0.15) is 32.6 Å². The summed E-state index contributed by atoms with van der Waals surface area (Å²) in [5.74, 6) is -0.819. The van der Waals surface area contributed by atoms with Gasteiger partial charge in [-0.3, -0.25) is 24.6 Å². The molecule has 0 bridgehead atoms. The highest BCUT2D eigenvalue weighted by molar-refractivity contribution is 7.99. The van der Waals surface area contributed by atoms with Gasteiger partial charge in [-0.1, -0.05) is 12.1 Å². The molecule has 31 heavy (non-hydrogen) atoms. The van der Waals surface area contributed by atoms with Gasteiger partial charge < -0.3 is 15.2 Å². The van der Waals surface area contributed by atoms with Crippen LogP contribution in [0.4, 0.5) is 5.69 Å². The molecular formula is C22H31N3O5S. The molecule has 1 aromatic carbocycles. The summed E-state index contributed by atoms with van der Waals surface area (Å²) in [6.07, 6.45) is 3.63. The minimum Gasteiger partial charge on any atom is -0.480 e. The van der Waals surface area contributed by atoms with Crippen LogP contribution in [0.15, 0.2) is 29.2 Å². The average Bonchev–Trinajstić information content (AvgIpc) is 2.89. The van der Waals surface area contributed by atoms with E-state index in [-0.39, 0.29) is 18.5 Å². The Labute approximate surface area is 187 Å². The molecule has 1 fully saturated rings. The molecule has 3 N–H and O–H groups in total. The summed E-state index contributed by atoms with van der Waals surface area (Å²) in [7, 11) is 0. The number of nitrogens with zero attached hydrogens (tertiary/aromatic N) is 1. The van der Waals surface area contributed by atoms with Crippen molar-refractivity contribution in [2.45, 2.75) is 49.6 Å². The average molecular weight is 450 g/mol. The molecule has 8 nitrogen and oxygen atoms in total. The van der Waals surface area contributed by atoms with Crippen LogP contribution < -0.4 is 15.5 Å². The van der Waals surface area contributed by atoms with Gasteiger partial charge in [-0.15, -0.1) is 11.8 Å². The standard InChI is InChI=1S/C22H31N3O5S/c1-2-30-22(29)16(8-7-15-9-11-23-12-10-15)24-17-14-31-19-6-4-3-5-18(19)25(21(17)28)13-20(26)27/h3-6,15-17,23-24H,2,7-14H2,1H3,(H,26,27)/t16-,17-/m0/s1. The number of anilines is 1. The van der Waals surface area contributed by atoms with Crippen molar-refractivity contribution in [2.24, 2.45) is 5.92 Å². The number of carboxylic acids is 1. The number of amides is 1. The fraction of sp³-hybridized carbons (Fsp3) is 0.591. The second kappa shape index (κ2) is 11.5. The van der Waals surface area contributed by atoms with E-state index >= 15 is 0 Å². The zero-order valence-corrected chi connectivity index (χ0v) is 18.7. The first-order valence-corrected chi connectivity index (χ1v) is 11.9. The molecule has 1 saturated heterocycles. The van der Waals surface area contributed by atoms with E-state index in [1.165, 1.54) is 16.7 Å². The number of hydrogen-bond acceptors (Lipinski definition) is 7. The normalized spacial score (nSPS) is 20.6. The van der Waals surface area contributed by atoms with Crippen molar-refractivity contribution in [3.8, 4) is 0 Å². The molecule has 1 aromatic rings. The van der Waals surface area contributed by atoms with Crippen molar-refractivity contribution < 1.29 is 24.2 Å². The molecule has 9 heteroatoms. The minimum absolute atomic E-state index is 0.272. The molecule has 0 spiro atoms. The lowest BCUT2D eigenvalue weighted by atomic mass is 9.91. The maximum Gasteiger partial charge on any atom is 0.323 e. The van der Waals surface area contributed by atoms with Crippen LogP contribution >= 0.6 is 11.8 Å². The SMILES string of the molecule is CCOC(=O)[C@H](CCC1CCNCC1)N[C@H]1CSc2ccccc2N(CC(=O)O)C1=O. The number of piperidine rings is 1. The van der Waals surface area contributed by atoms with Gasteiger partial charge >= 0.3 is 11.9 Å². The molecule has 3 rings (SSSR count). The monoisotopic (exact) mass is 449 g/mol. The molecule has 0 unspecified atom stereocenters. The van der Waals surface area contributed by atoms with Crippen molar-refractivity contribution in [2.75, 3.05) is 36.9 Å². The quantitative estimate of drug-likeness (QED) is 0.491. The number of benzene rings is 1. The van der Waals surface area contributed by atoms with Gasteiger partial charge in [0.1, 0.15) is 12.6 Å². The highest BCUT2D eigenvalue weighted by atomic mass is 32.2. The van der Waals surface area contributed by atoms with Crippen LogP contribution in [0.3, 0.4) is 0 Å². The highest BCUT2D eigenvalue weighted by Crippen LogP contribution is 2.34. The summed E-state index contributed by atoms with van der Waals surface area (Å²) in [5.41, 5.74) is 0.589. The molecule has 0 saturated carbocycles. The lowest BCUT2D eigenvalue weighted by Crippen LogP contribution is -2.54. The first-order valence-electron chi connectivity index (χ1n) is 10.9. The molecule has 0 aliphatic carbocycles. The zero-order valence-electron chi connectivity index (χ0n) is 17.8. The number of esters is 1. The van der Waals surface area contributed by atoms with Gasteiger partial charge in [0.25, 0.3) is 0 Å². The fourth-order valence-electron chi connectivity index (χ4n) is 4.10. The molecule has 2 heterocycles. The molecule has 1 amide bonds. The summed E-state index contributed by atoms with van der Waals surface area (Å²) in [5, 5.41) is 15.9. The first kappa shape index (κ1) is 23.6. The third-order valence-electron chi connectivity index (χ3n) is 5.71. The Kier molecular flexibility index (Phi) is 8.74. The molecule has 170 valence electrons. The number of thioether (sulfide) groups is 1. The zero-order chi connectivity index (χ0) is 22.2. The predicted octanol–water partition coefficient (Wildman–Crippen LogP) is 1.88. The summed E-state index contributed by atoms with van der Waals surface area (Å²) in [6, 6.07) is 6.01. The number of nitrogens with one attached hydrogen (secondary N) is 2. The number of carbonyl (C=O) groups is 3. The lowest BCUT2D eigenvalue weighted by molar-refractivity contribution is -0.146. The van der Waals surface area contributed by atoms with Crippen LogP contribution in [0.25, 0.3) is 0 Å².